The molecule has 0 saturated heterocycles. The zero-order valence-electron chi connectivity index (χ0n) is 22.0. The molecule has 0 fully saturated rings. The zero-order chi connectivity index (χ0) is 27.2. The number of nitriles is 1. The Kier molecular flexibility index (Phi) is 11.7. The molecule has 0 bridgehead atoms. The van der Waals surface area contributed by atoms with Crippen molar-refractivity contribution in [1.29, 1.82) is 5.26 Å². The van der Waals surface area contributed by atoms with E-state index in [-0.39, 0.29) is 17.1 Å². The zero-order valence-corrected chi connectivity index (χ0v) is 22.0. The van der Waals surface area contributed by atoms with Crippen molar-refractivity contribution in [3.63, 3.8) is 0 Å². The Bertz CT molecular complexity index is 1180. The van der Waals surface area contributed by atoms with Crippen molar-refractivity contribution in [3.8, 4) is 29.1 Å². The molecule has 0 unspecified atom stereocenters. The molecule has 8 nitrogen and oxygen atoms in total. The molecule has 0 saturated carbocycles. The lowest BCUT2D eigenvalue weighted by molar-refractivity contribution is -0.129. The number of amides is 1. The van der Waals surface area contributed by atoms with Gasteiger partial charge in [0.05, 0.1) is 20.8 Å². The molecule has 1 N–H and O–H groups in total. The number of hydrogen-bond donors (Lipinski definition) is 1. The summed E-state index contributed by atoms with van der Waals surface area (Å²) >= 11 is 0. The van der Waals surface area contributed by atoms with Gasteiger partial charge in [-0.1, -0.05) is 32.9 Å². The molecule has 37 heavy (non-hydrogen) atoms. The van der Waals surface area contributed by atoms with Crippen molar-refractivity contribution in [1.82, 2.24) is 5.32 Å². The molecule has 1 amide bonds. The lowest BCUT2D eigenvalue weighted by atomic mass is 10.1. The number of nitrogens with one attached hydrogen (secondary N) is 1. The van der Waals surface area contributed by atoms with E-state index in [2.05, 4.69) is 19.2 Å². The van der Waals surface area contributed by atoms with Gasteiger partial charge in [-0.2, -0.15) is 5.26 Å². The van der Waals surface area contributed by atoms with Crippen LogP contribution in [0.2, 0.25) is 0 Å². The second-order valence-corrected chi connectivity index (χ2v) is 8.53. The minimum Gasteiger partial charge on any atom is -0.493 e. The number of rotatable bonds is 13. The summed E-state index contributed by atoms with van der Waals surface area (Å²) in [5.41, 5.74) is 1.26. The van der Waals surface area contributed by atoms with Crippen LogP contribution in [0, 0.1) is 17.2 Å². The van der Waals surface area contributed by atoms with Crippen LogP contribution in [0.4, 0.5) is 0 Å². The Morgan fingerprint density at radius 3 is 2.30 bits per heavy atom. The van der Waals surface area contributed by atoms with Gasteiger partial charge in [0.25, 0.3) is 5.91 Å². The van der Waals surface area contributed by atoms with Gasteiger partial charge in [0.1, 0.15) is 11.6 Å². The van der Waals surface area contributed by atoms with Crippen molar-refractivity contribution in [2.75, 3.05) is 27.4 Å². The summed E-state index contributed by atoms with van der Waals surface area (Å²) in [6, 6.07) is 12.1. The topological polar surface area (TPSA) is 107 Å². The Morgan fingerprint density at radius 1 is 1.00 bits per heavy atom. The number of benzene rings is 2. The van der Waals surface area contributed by atoms with E-state index in [1.165, 1.54) is 19.3 Å². The van der Waals surface area contributed by atoms with Gasteiger partial charge in [0, 0.05) is 12.6 Å². The first-order chi connectivity index (χ1) is 17.8. The van der Waals surface area contributed by atoms with Crippen LogP contribution in [0.5, 0.6) is 23.0 Å². The minimum absolute atomic E-state index is 0.0325. The Labute approximate surface area is 218 Å². The molecule has 0 atom stereocenters. The maximum atomic E-state index is 12.5. The van der Waals surface area contributed by atoms with Gasteiger partial charge in [0.15, 0.2) is 23.0 Å². The van der Waals surface area contributed by atoms with Crippen LogP contribution >= 0.6 is 0 Å². The van der Waals surface area contributed by atoms with Gasteiger partial charge >= 0.3 is 5.97 Å². The number of carbonyl (C=O) groups is 2. The van der Waals surface area contributed by atoms with Crippen LogP contribution in [0.3, 0.4) is 0 Å². The summed E-state index contributed by atoms with van der Waals surface area (Å²) in [4.78, 5) is 24.5. The fraction of sp³-hybridized carbons (Fsp3) is 0.345. The van der Waals surface area contributed by atoms with Gasteiger partial charge in [0.2, 0.25) is 0 Å². The lowest BCUT2D eigenvalue weighted by Gasteiger charge is -2.12. The third-order valence-electron chi connectivity index (χ3n) is 5.16. The van der Waals surface area contributed by atoms with Crippen molar-refractivity contribution in [3.05, 3.63) is 59.2 Å². The van der Waals surface area contributed by atoms with Crippen LogP contribution in [0.1, 0.15) is 44.7 Å². The highest BCUT2D eigenvalue weighted by molar-refractivity contribution is 6.01. The first-order valence-electron chi connectivity index (χ1n) is 12.1. The van der Waals surface area contributed by atoms with E-state index in [0.29, 0.717) is 36.1 Å². The van der Waals surface area contributed by atoms with Crippen LogP contribution in [-0.4, -0.2) is 39.2 Å². The molecular formula is C29H34N2O6. The van der Waals surface area contributed by atoms with Crippen molar-refractivity contribution < 1.29 is 28.5 Å². The molecule has 2 rings (SSSR count). The van der Waals surface area contributed by atoms with Crippen molar-refractivity contribution >= 4 is 24.0 Å². The molecule has 0 aliphatic rings. The van der Waals surface area contributed by atoms with Gasteiger partial charge in [-0.15, -0.1) is 0 Å². The highest BCUT2D eigenvalue weighted by Gasteiger charge is 2.12. The number of esters is 1. The average Bonchev–Trinajstić information content (AvgIpc) is 2.89. The number of ether oxygens (including phenoxy) is 4. The Morgan fingerprint density at radius 2 is 1.65 bits per heavy atom. The van der Waals surface area contributed by atoms with Crippen LogP contribution in [0.25, 0.3) is 12.2 Å². The summed E-state index contributed by atoms with van der Waals surface area (Å²) in [5.74, 6) is 1.19. The SMILES string of the molecule is CCCNC(=O)/C(C#N)=C/c1ccc(OC(=O)/C=C/c2ccc(OCCC(C)C)c(OC)c2)c(OC)c1. The Balaban J connectivity index is 2.10. The fourth-order valence-electron chi connectivity index (χ4n) is 3.13. The maximum absolute atomic E-state index is 12.5. The summed E-state index contributed by atoms with van der Waals surface area (Å²) in [5, 5.41) is 12.0. The van der Waals surface area contributed by atoms with Gasteiger partial charge in [-0.25, -0.2) is 4.79 Å². The number of methoxy groups -OCH3 is 2. The van der Waals surface area contributed by atoms with Crippen molar-refractivity contribution in [2.24, 2.45) is 5.92 Å². The minimum atomic E-state index is -0.602. The van der Waals surface area contributed by atoms with Gasteiger partial charge < -0.3 is 24.3 Å². The molecule has 2 aromatic carbocycles. The predicted molar refractivity (Wildman–Crippen MR) is 142 cm³/mol. The van der Waals surface area contributed by atoms with E-state index in [1.54, 1.807) is 43.5 Å². The lowest BCUT2D eigenvalue weighted by Crippen LogP contribution is -2.25. The van der Waals surface area contributed by atoms with Gasteiger partial charge in [-0.05, 0) is 66.3 Å². The van der Waals surface area contributed by atoms with E-state index >= 15 is 0 Å². The van der Waals surface area contributed by atoms with Crippen LogP contribution < -0.4 is 24.3 Å². The first kappa shape index (κ1) is 29.0. The second kappa shape index (κ2) is 15.0. The van der Waals surface area contributed by atoms with E-state index in [4.69, 9.17) is 18.9 Å². The molecule has 0 aromatic heterocycles. The second-order valence-electron chi connectivity index (χ2n) is 8.53. The molecule has 2 aromatic rings. The standard InChI is InChI=1S/C29H34N2O6/c1-6-14-31-29(33)23(19-30)16-22-8-11-25(27(18-22)35-5)37-28(32)12-9-21-7-10-24(26(17-21)34-4)36-15-13-20(2)3/h7-12,16-18,20H,6,13-15H2,1-5H3,(H,31,33)/b12-9+,23-16+. The smallest absolute Gasteiger partial charge is 0.336 e. The quantitative estimate of drug-likeness (QED) is 0.173. The summed E-state index contributed by atoms with van der Waals surface area (Å²) in [6.07, 6.45) is 6.06. The van der Waals surface area contributed by atoms with Crippen LogP contribution in [0.15, 0.2) is 48.0 Å². The van der Waals surface area contributed by atoms with Gasteiger partial charge in [-0.3, -0.25) is 4.79 Å². The largest absolute Gasteiger partial charge is 0.493 e. The monoisotopic (exact) mass is 506 g/mol. The normalized spacial score (nSPS) is 11.2. The summed E-state index contributed by atoms with van der Waals surface area (Å²) in [7, 11) is 3.00. The molecule has 8 heteroatoms. The molecule has 0 aliphatic heterocycles. The Hall–Kier alpha value is -4.25. The molecule has 0 heterocycles. The predicted octanol–water partition coefficient (Wildman–Crippen LogP) is 5.18. The molecule has 0 spiro atoms. The first-order valence-corrected chi connectivity index (χ1v) is 12.1. The third kappa shape index (κ3) is 9.37. The highest BCUT2D eigenvalue weighted by Crippen LogP contribution is 2.30. The molecule has 196 valence electrons. The van der Waals surface area contributed by atoms with E-state index in [0.717, 1.165) is 18.4 Å². The van der Waals surface area contributed by atoms with Crippen molar-refractivity contribution in [2.45, 2.75) is 33.6 Å². The number of hydrogen-bond acceptors (Lipinski definition) is 7. The fourth-order valence-corrected chi connectivity index (χ4v) is 3.13. The summed E-state index contributed by atoms with van der Waals surface area (Å²) in [6.45, 7) is 7.26. The van der Waals surface area contributed by atoms with Crippen LogP contribution in [-0.2, 0) is 9.59 Å². The third-order valence-corrected chi connectivity index (χ3v) is 5.16. The molecular weight excluding hydrogens is 472 g/mol. The maximum Gasteiger partial charge on any atom is 0.336 e. The highest BCUT2D eigenvalue weighted by atomic mass is 16.6. The average molecular weight is 507 g/mol. The molecule has 0 radical (unpaired) electrons. The van der Waals surface area contributed by atoms with E-state index < -0.39 is 11.9 Å². The molecule has 0 aliphatic carbocycles. The number of carbonyl (C=O) groups excluding carboxylic acids is 2. The van der Waals surface area contributed by atoms with E-state index in [9.17, 15) is 14.9 Å². The van der Waals surface area contributed by atoms with E-state index in [1.807, 2.05) is 19.1 Å². The summed E-state index contributed by atoms with van der Waals surface area (Å²) < 4.78 is 22.0. The number of nitrogens with zero attached hydrogens (tertiary/aromatic N) is 1.